The van der Waals surface area contributed by atoms with Crippen molar-refractivity contribution >= 4 is 43.5 Å². The highest BCUT2D eigenvalue weighted by molar-refractivity contribution is 9.10. The molecule has 0 aromatic heterocycles. The van der Waals surface area contributed by atoms with Gasteiger partial charge in [-0.05, 0) is 61.7 Å². The number of nitrogens with one attached hydrogen (secondary N) is 1. The van der Waals surface area contributed by atoms with Crippen LogP contribution in [0, 0.1) is 6.92 Å². The first kappa shape index (κ1) is 27.7. The third kappa shape index (κ3) is 7.46. The zero-order chi connectivity index (χ0) is 25.5. The molecule has 2 aromatic rings. The summed E-state index contributed by atoms with van der Waals surface area (Å²) in [6.45, 7) is 5.62. The fraction of sp³-hybridized carbons (Fsp3) is 0.417. The molecular formula is C24H32BrN3O5S. The molecule has 2 rings (SSSR count). The van der Waals surface area contributed by atoms with Crippen LogP contribution in [0.1, 0.15) is 31.4 Å². The van der Waals surface area contributed by atoms with Gasteiger partial charge in [-0.1, -0.05) is 35.0 Å². The standard InChI is InChI=1S/C24H32BrN3O5S/c1-6-13-26-24(30)18(3)27(15-19-7-10-21(33-4)11-8-19)23(29)16-28(34(5,31)32)20-9-12-22(25)17(2)14-20/h7-12,14,18H,6,13,15-16H2,1-5H3,(H,26,30)/t18-/m0/s1. The zero-order valence-corrected chi connectivity index (χ0v) is 22.6. The molecule has 0 heterocycles. The van der Waals surface area contributed by atoms with Crippen molar-refractivity contribution < 1.29 is 22.7 Å². The maximum absolute atomic E-state index is 13.5. The minimum absolute atomic E-state index is 0.139. The predicted octanol–water partition coefficient (Wildman–Crippen LogP) is 3.48. The van der Waals surface area contributed by atoms with Crippen LogP contribution in [0.5, 0.6) is 5.75 Å². The Bertz CT molecular complexity index is 1110. The van der Waals surface area contributed by atoms with Crippen LogP contribution in [0.2, 0.25) is 0 Å². The van der Waals surface area contributed by atoms with Gasteiger partial charge in [-0.25, -0.2) is 8.42 Å². The average Bonchev–Trinajstić information content (AvgIpc) is 2.80. The summed E-state index contributed by atoms with van der Waals surface area (Å²) < 4.78 is 32.3. The van der Waals surface area contributed by atoms with Gasteiger partial charge in [0.15, 0.2) is 0 Å². The van der Waals surface area contributed by atoms with E-state index in [1.54, 1.807) is 44.4 Å². The molecule has 2 aromatic carbocycles. The van der Waals surface area contributed by atoms with Gasteiger partial charge in [0, 0.05) is 17.6 Å². The van der Waals surface area contributed by atoms with E-state index in [1.165, 1.54) is 4.90 Å². The van der Waals surface area contributed by atoms with E-state index in [1.807, 2.05) is 26.0 Å². The van der Waals surface area contributed by atoms with Crippen molar-refractivity contribution in [2.75, 3.05) is 30.8 Å². The summed E-state index contributed by atoms with van der Waals surface area (Å²) in [4.78, 5) is 27.6. The molecule has 0 spiro atoms. The molecule has 0 fully saturated rings. The van der Waals surface area contributed by atoms with Gasteiger partial charge in [0.05, 0.1) is 19.1 Å². The summed E-state index contributed by atoms with van der Waals surface area (Å²) >= 11 is 3.41. The molecule has 0 aliphatic heterocycles. The Kier molecular flexibility index (Phi) is 9.93. The first-order valence-corrected chi connectivity index (χ1v) is 13.6. The topological polar surface area (TPSA) is 96.0 Å². The number of hydrogen-bond donors (Lipinski definition) is 1. The molecule has 0 unspecified atom stereocenters. The van der Waals surface area contributed by atoms with Crippen LogP contribution in [-0.2, 0) is 26.2 Å². The molecule has 34 heavy (non-hydrogen) atoms. The number of aryl methyl sites for hydroxylation is 1. The van der Waals surface area contributed by atoms with Gasteiger partial charge in [-0.3, -0.25) is 13.9 Å². The molecule has 1 N–H and O–H groups in total. The molecule has 0 saturated carbocycles. The highest BCUT2D eigenvalue weighted by atomic mass is 79.9. The Hall–Kier alpha value is -2.59. The maximum Gasteiger partial charge on any atom is 0.244 e. The summed E-state index contributed by atoms with van der Waals surface area (Å²) in [7, 11) is -2.20. The third-order valence-corrected chi connectivity index (χ3v) is 7.37. The van der Waals surface area contributed by atoms with Crippen molar-refractivity contribution in [3.63, 3.8) is 0 Å². The Balaban J connectivity index is 2.38. The van der Waals surface area contributed by atoms with E-state index in [0.717, 1.165) is 32.6 Å². The second-order valence-electron chi connectivity index (χ2n) is 8.04. The van der Waals surface area contributed by atoms with E-state index in [9.17, 15) is 18.0 Å². The van der Waals surface area contributed by atoms with Crippen LogP contribution in [0.4, 0.5) is 5.69 Å². The van der Waals surface area contributed by atoms with Crippen molar-refractivity contribution in [1.29, 1.82) is 0 Å². The normalized spacial score (nSPS) is 12.1. The van der Waals surface area contributed by atoms with Crippen LogP contribution in [-0.4, -0.2) is 57.6 Å². The Morgan fingerprint density at radius 3 is 2.32 bits per heavy atom. The number of ether oxygens (including phenoxy) is 1. The first-order valence-electron chi connectivity index (χ1n) is 10.9. The highest BCUT2D eigenvalue weighted by Gasteiger charge is 2.30. The molecule has 0 bridgehead atoms. The molecule has 0 saturated heterocycles. The molecular weight excluding hydrogens is 522 g/mol. The second-order valence-corrected chi connectivity index (χ2v) is 10.8. The van der Waals surface area contributed by atoms with Crippen molar-refractivity contribution in [1.82, 2.24) is 10.2 Å². The minimum atomic E-state index is -3.76. The summed E-state index contributed by atoms with van der Waals surface area (Å²) in [6, 6.07) is 11.4. The Morgan fingerprint density at radius 2 is 1.79 bits per heavy atom. The molecule has 186 valence electrons. The Labute approximate surface area is 210 Å². The van der Waals surface area contributed by atoms with E-state index in [4.69, 9.17) is 4.74 Å². The van der Waals surface area contributed by atoms with Gasteiger partial charge in [0.2, 0.25) is 21.8 Å². The number of amides is 2. The monoisotopic (exact) mass is 553 g/mol. The second kappa shape index (κ2) is 12.2. The SMILES string of the molecule is CCCNC(=O)[C@H](C)N(Cc1ccc(OC)cc1)C(=O)CN(c1ccc(Br)c(C)c1)S(C)(=O)=O. The van der Waals surface area contributed by atoms with Gasteiger partial charge in [-0.15, -0.1) is 0 Å². The number of methoxy groups -OCH3 is 1. The number of halogens is 1. The number of anilines is 1. The number of nitrogens with zero attached hydrogens (tertiary/aromatic N) is 2. The van der Waals surface area contributed by atoms with Gasteiger partial charge in [0.25, 0.3) is 0 Å². The van der Waals surface area contributed by atoms with Crippen molar-refractivity contribution in [3.8, 4) is 5.75 Å². The fourth-order valence-corrected chi connectivity index (χ4v) is 4.39. The molecule has 1 atom stereocenters. The number of sulfonamides is 1. The number of benzene rings is 2. The lowest BCUT2D eigenvalue weighted by Crippen LogP contribution is -2.51. The van der Waals surface area contributed by atoms with Gasteiger partial charge >= 0.3 is 0 Å². The van der Waals surface area contributed by atoms with E-state index in [2.05, 4.69) is 21.2 Å². The van der Waals surface area contributed by atoms with E-state index in [0.29, 0.717) is 18.0 Å². The third-order valence-electron chi connectivity index (χ3n) is 5.34. The minimum Gasteiger partial charge on any atom is -0.497 e. The molecule has 2 amide bonds. The number of hydrogen-bond acceptors (Lipinski definition) is 5. The summed E-state index contributed by atoms with van der Waals surface area (Å²) in [5.41, 5.74) is 2.00. The lowest BCUT2D eigenvalue weighted by molar-refractivity contribution is -0.139. The quantitative estimate of drug-likeness (QED) is 0.459. The fourth-order valence-electron chi connectivity index (χ4n) is 3.30. The van der Waals surface area contributed by atoms with Gasteiger partial charge in [0.1, 0.15) is 18.3 Å². The van der Waals surface area contributed by atoms with Crippen molar-refractivity contribution in [3.05, 3.63) is 58.1 Å². The van der Waals surface area contributed by atoms with E-state index < -0.39 is 28.5 Å². The first-order chi connectivity index (χ1) is 16.0. The van der Waals surface area contributed by atoms with Gasteiger partial charge < -0.3 is 15.0 Å². The van der Waals surface area contributed by atoms with Crippen LogP contribution in [0.3, 0.4) is 0 Å². The van der Waals surface area contributed by atoms with E-state index >= 15 is 0 Å². The average molecular weight is 555 g/mol. The smallest absolute Gasteiger partial charge is 0.244 e. The zero-order valence-electron chi connectivity index (χ0n) is 20.2. The lowest BCUT2D eigenvalue weighted by atomic mass is 10.1. The van der Waals surface area contributed by atoms with Crippen molar-refractivity contribution in [2.45, 2.75) is 39.8 Å². The number of carbonyl (C=O) groups is 2. The predicted molar refractivity (Wildman–Crippen MR) is 137 cm³/mol. The number of carbonyl (C=O) groups excluding carboxylic acids is 2. The molecule has 0 radical (unpaired) electrons. The Morgan fingerprint density at radius 1 is 1.15 bits per heavy atom. The maximum atomic E-state index is 13.5. The highest BCUT2D eigenvalue weighted by Crippen LogP contribution is 2.25. The summed E-state index contributed by atoms with van der Waals surface area (Å²) in [6.07, 6.45) is 1.82. The molecule has 0 aliphatic carbocycles. The van der Waals surface area contributed by atoms with Crippen LogP contribution >= 0.6 is 15.9 Å². The van der Waals surface area contributed by atoms with Crippen LogP contribution in [0.15, 0.2) is 46.9 Å². The van der Waals surface area contributed by atoms with E-state index in [-0.39, 0.29) is 12.5 Å². The summed E-state index contributed by atoms with van der Waals surface area (Å²) in [5, 5.41) is 2.81. The molecule has 10 heteroatoms. The lowest BCUT2D eigenvalue weighted by Gasteiger charge is -2.31. The van der Waals surface area contributed by atoms with Gasteiger partial charge in [-0.2, -0.15) is 0 Å². The molecule has 0 aliphatic rings. The summed E-state index contributed by atoms with van der Waals surface area (Å²) in [5.74, 6) is -0.112. The number of rotatable bonds is 11. The van der Waals surface area contributed by atoms with Crippen molar-refractivity contribution in [2.24, 2.45) is 0 Å². The van der Waals surface area contributed by atoms with Crippen LogP contribution in [0.25, 0.3) is 0 Å². The largest absolute Gasteiger partial charge is 0.497 e. The van der Waals surface area contributed by atoms with Crippen LogP contribution < -0.4 is 14.4 Å². The molecule has 8 nitrogen and oxygen atoms in total.